The molecule has 0 fully saturated rings. The number of hydrogen-bond donors (Lipinski definition) is 2. The van der Waals surface area contributed by atoms with Gasteiger partial charge in [0.15, 0.2) is 5.82 Å². The van der Waals surface area contributed by atoms with Gasteiger partial charge in [-0.15, -0.1) is 0 Å². The summed E-state index contributed by atoms with van der Waals surface area (Å²) in [6, 6.07) is 16.3. The summed E-state index contributed by atoms with van der Waals surface area (Å²) >= 11 is 6.16. The largest absolute Gasteiger partial charge is 0.304 e. The Morgan fingerprint density at radius 2 is 1.91 bits per heavy atom. The van der Waals surface area contributed by atoms with Gasteiger partial charge in [0, 0.05) is 5.56 Å². The van der Waals surface area contributed by atoms with E-state index in [1.54, 1.807) is 18.2 Å². The molecular formula is C25H31ClN6O2S. The molecule has 1 heterocycles. The summed E-state index contributed by atoms with van der Waals surface area (Å²) in [5, 5.41) is 16.6. The molecule has 1 aromatic heterocycles. The minimum atomic E-state index is -3.54. The van der Waals surface area contributed by atoms with E-state index in [1.165, 1.54) is 0 Å². The number of sulfonamides is 1. The summed E-state index contributed by atoms with van der Waals surface area (Å²) in [5.74, 6) is 0.859. The monoisotopic (exact) mass is 514 g/mol. The van der Waals surface area contributed by atoms with Crippen LogP contribution in [0.5, 0.6) is 0 Å². The maximum atomic E-state index is 12.9. The molecule has 0 aliphatic rings. The van der Waals surface area contributed by atoms with Crippen LogP contribution in [0.2, 0.25) is 5.02 Å². The van der Waals surface area contributed by atoms with Crippen molar-refractivity contribution in [3.63, 3.8) is 0 Å². The molecule has 0 unspecified atom stereocenters. The van der Waals surface area contributed by atoms with Crippen molar-refractivity contribution >= 4 is 21.6 Å². The van der Waals surface area contributed by atoms with Crippen molar-refractivity contribution in [2.24, 2.45) is 0 Å². The first-order valence-corrected chi connectivity index (χ1v) is 13.8. The van der Waals surface area contributed by atoms with Crippen LogP contribution in [0.15, 0.2) is 48.5 Å². The molecule has 0 radical (unpaired) electrons. The van der Waals surface area contributed by atoms with Gasteiger partial charge in [0.2, 0.25) is 10.0 Å². The van der Waals surface area contributed by atoms with E-state index in [4.69, 9.17) is 16.9 Å². The van der Waals surface area contributed by atoms with E-state index >= 15 is 0 Å². The maximum Gasteiger partial charge on any atom is 0.212 e. The lowest BCUT2D eigenvalue weighted by molar-refractivity contribution is 0.304. The number of benzene rings is 2. The van der Waals surface area contributed by atoms with Gasteiger partial charge in [-0.05, 0) is 62.7 Å². The molecule has 1 atom stereocenters. The number of nitrogens with one attached hydrogen (secondary N) is 2. The highest BCUT2D eigenvalue weighted by Gasteiger charge is 2.23. The Balaban J connectivity index is 1.78. The second kappa shape index (κ2) is 12.8. The molecule has 0 saturated carbocycles. The van der Waals surface area contributed by atoms with Crippen molar-refractivity contribution in [2.45, 2.75) is 39.2 Å². The summed E-state index contributed by atoms with van der Waals surface area (Å²) in [7, 11) is -3.54. The van der Waals surface area contributed by atoms with Crippen molar-refractivity contribution in [3.8, 4) is 17.5 Å². The molecule has 2 N–H and O–H groups in total. The molecule has 0 bridgehead atoms. The van der Waals surface area contributed by atoms with E-state index in [1.807, 2.05) is 36.4 Å². The summed E-state index contributed by atoms with van der Waals surface area (Å²) in [6.45, 7) is 6.65. The molecule has 3 aromatic rings. The van der Waals surface area contributed by atoms with Gasteiger partial charge in [0.25, 0.3) is 0 Å². The predicted molar refractivity (Wildman–Crippen MR) is 138 cm³/mol. The Hall–Kier alpha value is -2.77. The first kappa shape index (κ1) is 26.8. The topological polar surface area (TPSA) is 115 Å². The highest BCUT2D eigenvalue weighted by Crippen LogP contribution is 2.25. The van der Waals surface area contributed by atoms with E-state index < -0.39 is 16.1 Å². The third-order valence-electron chi connectivity index (χ3n) is 5.85. The first-order valence-electron chi connectivity index (χ1n) is 11.7. The van der Waals surface area contributed by atoms with Crippen LogP contribution < -0.4 is 4.72 Å². The number of aryl methyl sites for hydroxylation is 1. The van der Waals surface area contributed by atoms with Gasteiger partial charge in [-0.3, -0.25) is 5.10 Å². The van der Waals surface area contributed by atoms with Crippen LogP contribution >= 0.6 is 11.6 Å². The SMILES string of the molecule is CCN(CC)CCCS(=O)(=O)N[C@H](CCc1ccccc1)c1nc(-c2ccc(C#N)c(Cl)c2)n[nH]1. The van der Waals surface area contributed by atoms with Crippen LogP contribution in [0.25, 0.3) is 11.4 Å². The fourth-order valence-corrected chi connectivity index (χ4v) is 5.32. The molecule has 8 nitrogen and oxygen atoms in total. The number of aromatic amines is 1. The average Bonchev–Trinajstić information content (AvgIpc) is 3.35. The van der Waals surface area contributed by atoms with E-state index in [0.717, 1.165) is 25.2 Å². The van der Waals surface area contributed by atoms with Crippen molar-refractivity contribution < 1.29 is 8.42 Å². The number of rotatable bonds is 13. The smallest absolute Gasteiger partial charge is 0.212 e. The minimum absolute atomic E-state index is 0.0392. The first-order chi connectivity index (χ1) is 16.8. The van der Waals surface area contributed by atoms with Gasteiger partial charge in [0.1, 0.15) is 11.9 Å². The summed E-state index contributed by atoms with van der Waals surface area (Å²) in [5.41, 5.74) is 2.11. The Labute approximate surface area is 212 Å². The summed E-state index contributed by atoms with van der Waals surface area (Å²) < 4.78 is 28.7. The van der Waals surface area contributed by atoms with Gasteiger partial charge in [-0.2, -0.15) is 10.4 Å². The highest BCUT2D eigenvalue weighted by atomic mass is 35.5. The van der Waals surface area contributed by atoms with Gasteiger partial charge in [-0.25, -0.2) is 18.1 Å². The molecule has 0 aliphatic carbocycles. The lowest BCUT2D eigenvalue weighted by atomic mass is 10.1. The highest BCUT2D eigenvalue weighted by molar-refractivity contribution is 7.89. The predicted octanol–water partition coefficient (Wildman–Crippen LogP) is 4.32. The summed E-state index contributed by atoms with van der Waals surface area (Å²) in [6.07, 6.45) is 1.74. The molecule has 10 heteroatoms. The second-order valence-electron chi connectivity index (χ2n) is 8.24. The maximum absolute atomic E-state index is 12.9. The van der Waals surface area contributed by atoms with Crippen LogP contribution in [0, 0.1) is 11.3 Å². The fourth-order valence-electron chi connectivity index (χ4n) is 3.80. The van der Waals surface area contributed by atoms with Gasteiger partial charge < -0.3 is 4.90 Å². The molecule has 35 heavy (non-hydrogen) atoms. The van der Waals surface area contributed by atoms with Gasteiger partial charge in [-0.1, -0.05) is 55.8 Å². The van der Waals surface area contributed by atoms with E-state index in [0.29, 0.717) is 47.1 Å². The number of nitriles is 1. The third-order valence-corrected chi connectivity index (χ3v) is 7.63. The average molecular weight is 515 g/mol. The molecule has 3 rings (SSSR count). The Bertz CT molecular complexity index is 1240. The Morgan fingerprint density at radius 1 is 1.17 bits per heavy atom. The fraction of sp³-hybridized carbons (Fsp3) is 0.400. The zero-order valence-corrected chi connectivity index (χ0v) is 21.6. The Kier molecular flexibility index (Phi) is 9.81. The van der Waals surface area contributed by atoms with E-state index in [-0.39, 0.29) is 5.75 Å². The van der Waals surface area contributed by atoms with E-state index in [2.05, 4.69) is 38.7 Å². The molecule has 186 valence electrons. The van der Waals surface area contributed by atoms with Gasteiger partial charge >= 0.3 is 0 Å². The molecule has 2 aromatic carbocycles. The summed E-state index contributed by atoms with van der Waals surface area (Å²) in [4.78, 5) is 6.77. The van der Waals surface area contributed by atoms with Crippen LogP contribution in [-0.4, -0.2) is 53.9 Å². The second-order valence-corrected chi connectivity index (χ2v) is 10.5. The number of H-pyrrole nitrogens is 1. The van der Waals surface area contributed by atoms with Crippen molar-refractivity contribution in [1.29, 1.82) is 5.26 Å². The van der Waals surface area contributed by atoms with Crippen LogP contribution in [0.4, 0.5) is 0 Å². The number of aromatic nitrogens is 3. The Morgan fingerprint density at radius 3 is 2.57 bits per heavy atom. The number of hydrogen-bond acceptors (Lipinski definition) is 6. The minimum Gasteiger partial charge on any atom is -0.304 e. The molecule has 0 amide bonds. The number of halogens is 1. The zero-order valence-electron chi connectivity index (χ0n) is 20.0. The van der Waals surface area contributed by atoms with Crippen LogP contribution in [0.3, 0.4) is 0 Å². The molecule has 0 aliphatic heterocycles. The van der Waals surface area contributed by atoms with Gasteiger partial charge in [0.05, 0.1) is 22.4 Å². The quantitative estimate of drug-likeness (QED) is 0.351. The zero-order chi connectivity index (χ0) is 25.3. The standard InChI is InChI=1S/C25H31ClN6O2S/c1-3-32(4-2)15-8-16-35(33,34)31-23(14-11-19-9-6-5-7-10-19)25-28-24(29-30-25)20-12-13-21(18-27)22(26)17-20/h5-7,9-10,12-13,17,23,31H,3-4,8,11,14-16H2,1-2H3,(H,28,29,30)/t23-/m1/s1. The van der Waals surface area contributed by atoms with Crippen molar-refractivity contribution in [1.82, 2.24) is 24.8 Å². The lowest BCUT2D eigenvalue weighted by Crippen LogP contribution is -2.33. The normalized spacial score (nSPS) is 12.5. The third kappa shape index (κ3) is 7.87. The molecule has 0 spiro atoms. The van der Waals surface area contributed by atoms with Crippen molar-refractivity contribution in [2.75, 3.05) is 25.4 Å². The molecule has 0 saturated heterocycles. The van der Waals surface area contributed by atoms with E-state index in [9.17, 15) is 8.42 Å². The van der Waals surface area contributed by atoms with Crippen LogP contribution in [0.1, 0.15) is 49.7 Å². The molecular weight excluding hydrogens is 484 g/mol. The number of nitrogens with zero attached hydrogens (tertiary/aromatic N) is 4. The van der Waals surface area contributed by atoms with Crippen LogP contribution in [-0.2, 0) is 16.4 Å². The lowest BCUT2D eigenvalue weighted by Gasteiger charge is -2.19. The van der Waals surface area contributed by atoms with Crippen molar-refractivity contribution in [3.05, 3.63) is 70.5 Å².